The molecule has 0 aliphatic heterocycles. The van der Waals surface area contributed by atoms with Crippen molar-refractivity contribution < 1.29 is 19.1 Å². The molecule has 0 radical (unpaired) electrons. The number of anilines is 1. The van der Waals surface area contributed by atoms with Crippen LogP contribution in [-0.4, -0.2) is 41.0 Å². The number of carbonyl (C=O) groups is 3. The molecule has 0 saturated heterocycles. The molecule has 0 atom stereocenters. The van der Waals surface area contributed by atoms with Crippen molar-refractivity contribution in [3.63, 3.8) is 0 Å². The number of nitrogens with zero attached hydrogens (tertiary/aromatic N) is 2. The Bertz CT molecular complexity index is 1140. The van der Waals surface area contributed by atoms with Crippen molar-refractivity contribution in [2.24, 2.45) is 0 Å². The molecule has 0 aliphatic rings. The Balaban J connectivity index is 1.72. The maximum atomic E-state index is 12.5. The van der Waals surface area contributed by atoms with E-state index in [0.29, 0.717) is 16.7 Å². The number of hydrogen-bond acceptors (Lipinski definition) is 6. The highest BCUT2D eigenvalue weighted by Gasteiger charge is 2.12. The number of methoxy groups -OCH3 is 1. The van der Waals surface area contributed by atoms with Gasteiger partial charge in [0.15, 0.2) is 0 Å². The van der Waals surface area contributed by atoms with Crippen LogP contribution in [0.3, 0.4) is 0 Å². The van der Waals surface area contributed by atoms with Gasteiger partial charge >= 0.3 is 5.97 Å². The lowest BCUT2D eigenvalue weighted by Crippen LogP contribution is -2.30. The van der Waals surface area contributed by atoms with Crippen molar-refractivity contribution in [2.45, 2.75) is 6.54 Å². The van der Waals surface area contributed by atoms with Gasteiger partial charge in [0.2, 0.25) is 5.91 Å². The summed E-state index contributed by atoms with van der Waals surface area (Å²) in [5.41, 5.74) is 1.40. The fourth-order valence-electron chi connectivity index (χ4n) is 2.69. The highest BCUT2D eigenvalue weighted by atomic mass is 16.5. The summed E-state index contributed by atoms with van der Waals surface area (Å²) in [7, 11) is 1.22. The number of para-hydroxylation sites is 2. The highest BCUT2D eigenvalue weighted by Crippen LogP contribution is 2.12. The Morgan fingerprint density at radius 1 is 1.10 bits per heavy atom. The average molecular weight is 394 g/mol. The minimum Gasteiger partial charge on any atom is -0.468 e. The molecule has 2 N–H and O–H groups in total. The van der Waals surface area contributed by atoms with Crippen LogP contribution in [0.4, 0.5) is 5.69 Å². The van der Waals surface area contributed by atoms with E-state index < -0.39 is 23.3 Å². The largest absolute Gasteiger partial charge is 0.468 e. The van der Waals surface area contributed by atoms with Gasteiger partial charge in [-0.05, 0) is 30.3 Å². The topological polar surface area (TPSA) is 119 Å². The summed E-state index contributed by atoms with van der Waals surface area (Å²) in [6.45, 7) is -0.468. The van der Waals surface area contributed by atoms with Gasteiger partial charge in [-0.3, -0.25) is 23.7 Å². The molecule has 0 spiro atoms. The maximum Gasteiger partial charge on any atom is 0.325 e. The first-order chi connectivity index (χ1) is 14.0. The zero-order valence-electron chi connectivity index (χ0n) is 15.5. The summed E-state index contributed by atoms with van der Waals surface area (Å²) in [6, 6.07) is 13.2. The van der Waals surface area contributed by atoms with Crippen molar-refractivity contribution in [3.8, 4) is 0 Å². The SMILES string of the molecule is COC(=O)CNC(=O)c1cccc(NC(=O)Cn2c(=O)cnc3ccccc32)c1. The lowest BCUT2D eigenvalue weighted by Gasteiger charge is -2.11. The highest BCUT2D eigenvalue weighted by molar-refractivity contribution is 5.98. The Morgan fingerprint density at radius 3 is 2.69 bits per heavy atom. The van der Waals surface area contributed by atoms with Gasteiger partial charge < -0.3 is 15.4 Å². The van der Waals surface area contributed by atoms with Crippen LogP contribution in [-0.2, 0) is 20.9 Å². The predicted molar refractivity (Wildman–Crippen MR) is 105 cm³/mol. The number of fused-ring (bicyclic) bond motifs is 1. The third-order valence-corrected chi connectivity index (χ3v) is 4.08. The summed E-state index contributed by atoms with van der Waals surface area (Å²) in [5.74, 6) is -1.49. The van der Waals surface area contributed by atoms with Gasteiger partial charge in [-0.1, -0.05) is 18.2 Å². The number of rotatable bonds is 6. The van der Waals surface area contributed by atoms with Gasteiger partial charge in [0.1, 0.15) is 13.1 Å². The molecular weight excluding hydrogens is 376 g/mol. The molecule has 3 aromatic rings. The first kappa shape index (κ1) is 19.7. The molecule has 0 aliphatic carbocycles. The standard InChI is InChI=1S/C20H18N4O5/c1-29-19(27)11-22-20(28)13-5-4-6-14(9-13)23-17(25)12-24-16-8-3-2-7-15(16)21-10-18(24)26/h2-10H,11-12H2,1H3,(H,22,28)(H,23,25). The van der Waals surface area contributed by atoms with E-state index >= 15 is 0 Å². The molecule has 148 valence electrons. The van der Waals surface area contributed by atoms with Crippen LogP contribution in [0.5, 0.6) is 0 Å². The molecule has 0 bridgehead atoms. The molecule has 3 rings (SSSR count). The Morgan fingerprint density at radius 2 is 1.90 bits per heavy atom. The minimum atomic E-state index is -0.571. The molecule has 9 heteroatoms. The molecule has 2 aromatic carbocycles. The quantitative estimate of drug-likeness (QED) is 0.601. The lowest BCUT2D eigenvalue weighted by atomic mass is 10.2. The first-order valence-electron chi connectivity index (χ1n) is 8.67. The van der Waals surface area contributed by atoms with Gasteiger partial charge in [0.25, 0.3) is 11.5 Å². The summed E-state index contributed by atoms with van der Waals surface area (Å²) < 4.78 is 5.79. The number of ether oxygens (including phenoxy) is 1. The number of amides is 2. The van der Waals surface area contributed by atoms with Gasteiger partial charge in [-0.15, -0.1) is 0 Å². The summed E-state index contributed by atoms with van der Waals surface area (Å²) in [5, 5.41) is 5.08. The van der Waals surface area contributed by atoms with Crippen LogP contribution >= 0.6 is 0 Å². The second kappa shape index (κ2) is 8.79. The van der Waals surface area contributed by atoms with Crippen molar-refractivity contribution in [2.75, 3.05) is 19.0 Å². The molecule has 29 heavy (non-hydrogen) atoms. The van der Waals surface area contributed by atoms with E-state index in [1.54, 1.807) is 42.5 Å². The molecule has 0 fully saturated rings. The zero-order chi connectivity index (χ0) is 20.8. The molecule has 0 saturated carbocycles. The van der Waals surface area contributed by atoms with Crippen molar-refractivity contribution in [3.05, 3.63) is 70.6 Å². The van der Waals surface area contributed by atoms with Gasteiger partial charge in [-0.2, -0.15) is 0 Å². The third kappa shape index (κ3) is 4.83. The molecule has 1 aromatic heterocycles. The second-order valence-corrected chi connectivity index (χ2v) is 6.06. The van der Waals surface area contributed by atoms with Crippen LogP contribution in [0.15, 0.2) is 59.5 Å². The normalized spacial score (nSPS) is 10.4. The van der Waals surface area contributed by atoms with E-state index in [0.717, 1.165) is 0 Å². The summed E-state index contributed by atoms with van der Waals surface area (Å²) >= 11 is 0. The average Bonchev–Trinajstić information content (AvgIpc) is 2.74. The van der Waals surface area contributed by atoms with E-state index in [4.69, 9.17) is 0 Å². The third-order valence-electron chi connectivity index (χ3n) is 4.08. The van der Waals surface area contributed by atoms with E-state index in [9.17, 15) is 19.2 Å². The number of benzene rings is 2. The number of hydrogen-bond donors (Lipinski definition) is 2. The fraction of sp³-hybridized carbons (Fsp3) is 0.150. The monoisotopic (exact) mass is 394 g/mol. The molecule has 1 heterocycles. The van der Waals surface area contributed by atoms with Crippen molar-refractivity contribution in [1.29, 1.82) is 0 Å². The Hall–Kier alpha value is -4.01. The number of aromatic nitrogens is 2. The van der Waals surface area contributed by atoms with Crippen LogP contribution in [0, 0.1) is 0 Å². The van der Waals surface area contributed by atoms with Crippen molar-refractivity contribution >= 4 is 34.5 Å². The van der Waals surface area contributed by atoms with E-state index in [1.165, 1.54) is 23.9 Å². The molecular formula is C20H18N4O5. The Labute approximate surface area is 165 Å². The Kier molecular flexibility index (Phi) is 5.98. The molecule has 0 unspecified atom stereocenters. The fourth-order valence-corrected chi connectivity index (χ4v) is 2.69. The number of carbonyl (C=O) groups excluding carboxylic acids is 3. The van der Waals surface area contributed by atoms with Crippen LogP contribution < -0.4 is 16.2 Å². The minimum absolute atomic E-state index is 0.208. The number of nitrogens with one attached hydrogen (secondary N) is 2. The van der Waals surface area contributed by atoms with E-state index in [-0.39, 0.29) is 18.7 Å². The summed E-state index contributed by atoms with van der Waals surface area (Å²) in [4.78, 5) is 51.9. The van der Waals surface area contributed by atoms with Gasteiger partial charge in [-0.25, -0.2) is 4.98 Å². The first-order valence-corrected chi connectivity index (χ1v) is 8.67. The van der Waals surface area contributed by atoms with Crippen LogP contribution in [0.2, 0.25) is 0 Å². The maximum absolute atomic E-state index is 12.5. The lowest BCUT2D eigenvalue weighted by molar-refractivity contribution is -0.139. The van der Waals surface area contributed by atoms with Crippen molar-refractivity contribution in [1.82, 2.24) is 14.9 Å². The predicted octanol–water partition coefficient (Wildman–Crippen LogP) is 0.938. The molecule has 9 nitrogen and oxygen atoms in total. The number of esters is 1. The van der Waals surface area contributed by atoms with Gasteiger partial charge in [0.05, 0.1) is 24.3 Å². The zero-order valence-corrected chi connectivity index (χ0v) is 15.5. The van der Waals surface area contributed by atoms with E-state index in [2.05, 4.69) is 20.4 Å². The van der Waals surface area contributed by atoms with Crippen LogP contribution in [0.1, 0.15) is 10.4 Å². The smallest absolute Gasteiger partial charge is 0.325 e. The van der Waals surface area contributed by atoms with E-state index in [1.807, 2.05) is 0 Å². The molecule has 2 amide bonds. The van der Waals surface area contributed by atoms with Gasteiger partial charge in [0, 0.05) is 11.3 Å². The van der Waals surface area contributed by atoms with Crippen LogP contribution in [0.25, 0.3) is 11.0 Å². The summed E-state index contributed by atoms with van der Waals surface area (Å²) in [6.07, 6.45) is 1.17. The second-order valence-electron chi connectivity index (χ2n) is 6.06.